The average Bonchev–Trinajstić information content (AvgIpc) is 2.84. The van der Waals surface area contributed by atoms with Crippen LogP contribution in [0, 0.1) is 0 Å². The summed E-state index contributed by atoms with van der Waals surface area (Å²) in [6.07, 6.45) is 1.26. The quantitative estimate of drug-likeness (QED) is 0.162. The SMILES string of the molecule is CCCCOC[C@H]1O[C@@H](C(F)(F)C(=O)OCC)[C@H](OCCCC)[C@@H](OCCCC)[C@H]1OCCCC. The van der Waals surface area contributed by atoms with Crippen LogP contribution in [-0.4, -0.2) is 82.1 Å². The molecule has 5 atom stereocenters. The maximum absolute atomic E-state index is 15.4. The molecule has 0 amide bonds. The van der Waals surface area contributed by atoms with Crippen molar-refractivity contribution in [2.75, 3.05) is 39.6 Å². The van der Waals surface area contributed by atoms with Crippen molar-refractivity contribution in [1.82, 2.24) is 0 Å². The minimum Gasteiger partial charge on any atom is -0.461 e. The van der Waals surface area contributed by atoms with Crippen LogP contribution < -0.4 is 0 Å². The van der Waals surface area contributed by atoms with Crippen molar-refractivity contribution >= 4 is 5.97 Å². The third-order valence-electron chi connectivity index (χ3n) is 5.89. The Morgan fingerprint density at radius 3 is 1.74 bits per heavy atom. The summed E-state index contributed by atoms with van der Waals surface area (Å²) in [6, 6.07) is 0. The zero-order valence-electron chi connectivity index (χ0n) is 22.4. The van der Waals surface area contributed by atoms with Crippen LogP contribution in [0.1, 0.15) is 86.0 Å². The molecular weight excluding hydrogens is 462 g/mol. The molecule has 35 heavy (non-hydrogen) atoms. The van der Waals surface area contributed by atoms with Crippen LogP contribution in [0.25, 0.3) is 0 Å². The third kappa shape index (κ3) is 10.6. The Morgan fingerprint density at radius 2 is 1.23 bits per heavy atom. The van der Waals surface area contributed by atoms with Gasteiger partial charge in [0, 0.05) is 26.4 Å². The molecule has 0 N–H and O–H groups in total. The molecule has 1 heterocycles. The first-order chi connectivity index (χ1) is 16.9. The normalized spacial score (nSPS) is 25.1. The first-order valence-electron chi connectivity index (χ1n) is 13.5. The predicted molar refractivity (Wildman–Crippen MR) is 130 cm³/mol. The van der Waals surface area contributed by atoms with E-state index in [1.54, 1.807) is 0 Å². The summed E-state index contributed by atoms with van der Waals surface area (Å²) in [5.74, 6) is -5.55. The summed E-state index contributed by atoms with van der Waals surface area (Å²) < 4.78 is 65.6. The van der Waals surface area contributed by atoms with Gasteiger partial charge in [-0.2, -0.15) is 8.78 Å². The lowest BCUT2D eigenvalue weighted by Gasteiger charge is -2.47. The van der Waals surface area contributed by atoms with Gasteiger partial charge < -0.3 is 28.4 Å². The van der Waals surface area contributed by atoms with Gasteiger partial charge >= 0.3 is 11.9 Å². The highest BCUT2D eigenvalue weighted by Crippen LogP contribution is 2.37. The molecule has 0 aliphatic carbocycles. The van der Waals surface area contributed by atoms with Crippen LogP contribution in [-0.2, 0) is 33.2 Å². The zero-order chi connectivity index (χ0) is 26.1. The zero-order valence-corrected chi connectivity index (χ0v) is 22.4. The summed E-state index contributed by atoms with van der Waals surface area (Å²) in [6.45, 7) is 11.0. The first-order valence-corrected chi connectivity index (χ1v) is 13.5. The van der Waals surface area contributed by atoms with Crippen molar-refractivity contribution in [2.24, 2.45) is 0 Å². The van der Waals surface area contributed by atoms with Crippen LogP contribution in [0.4, 0.5) is 8.78 Å². The van der Waals surface area contributed by atoms with Gasteiger partial charge in [0.25, 0.3) is 0 Å². The van der Waals surface area contributed by atoms with E-state index in [-0.39, 0.29) is 19.8 Å². The van der Waals surface area contributed by atoms with E-state index in [0.717, 1.165) is 44.9 Å². The largest absolute Gasteiger partial charge is 0.461 e. The van der Waals surface area contributed by atoms with Crippen LogP contribution in [0.3, 0.4) is 0 Å². The summed E-state index contributed by atoms with van der Waals surface area (Å²) in [5, 5.41) is 0. The van der Waals surface area contributed by atoms with Gasteiger partial charge in [0.1, 0.15) is 24.4 Å². The van der Waals surface area contributed by atoms with Crippen molar-refractivity contribution in [3.8, 4) is 0 Å². The standard InChI is InChI=1S/C26H48F2O7/c1-6-11-15-30-19-20-21(32-16-12-7-2)22(33-17-13-8-3)23(34-18-14-9-4)24(35-20)26(27,28)25(29)31-10-5/h20-24H,6-19H2,1-5H3/t20-,21+,22+,23-,24-/m1/s1. The lowest BCUT2D eigenvalue weighted by atomic mass is 9.90. The van der Waals surface area contributed by atoms with E-state index < -0.39 is 42.4 Å². The molecule has 7 nitrogen and oxygen atoms in total. The topological polar surface area (TPSA) is 72.5 Å². The number of esters is 1. The van der Waals surface area contributed by atoms with E-state index in [1.807, 2.05) is 27.7 Å². The van der Waals surface area contributed by atoms with Crippen molar-refractivity contribution < 1.29 is 42.0 Å². The molecule has 0 aromatic carbocycles. The molecule has 0 aromatic heterocycles. The Balaban J connectivity index is 3.33. The molecule has 0 aromatic rings. The second-order valence-electron chi connectivity index (χ2n) is 8.93. The van der Waals surface area contributed by atoms with Gasteiger partial charge in [-0.15, -0.1) is 0 Å². The Labute approximate surface area is 210 Å². The van der Waals surface area contributed by atoms with Crippen molar-refractivity contribution in [1.29, 1.82) is 0 Å². The van der Waals surface area contributed by atoms with Crippen LogP contribution in [0.2, 0.25) is 0 Å². The number of carbonyl (C=O) groups excluding carboxylic acids is 1. The predicted octanol–water partition coefficient (Wildman–Crippen LogP) is 5.32. The number of hydrogen-bond donors (Lipinski definition) is 0. The summed E-state index contributed by atoms with van der Waals surface area (Å²) in [7, 11) is 0. The first kappa shape index (κ1) is 32.2. The number of halogens is 2. The number of alkyl halides is 2. The third-order valence-corrected chi connectivity index (χ3v) is 5.89. The smallest absolute Gasteiger partial charge is 0.379 e. The number of carbonyl (C=O) groups is 1. The van der Waals surface area contributed by atoms with E-state index in [1.165, 1.54) is 6.92 Å². The van der Waals surface area contributed by atoms with Crippen LogP contribution >= 0.6 is 0 Å². The van der Waals surface area contributed by atoms with Crippen LogP contribution in [0.15, 0.2) is 0 Å². The van der Waals surface area contributed by atoms with Gasteiger partial charge in [-0.25, -0.2) is 4.79 Å². The Bertz CT molecular complexity index is 550. The van der Waals surface area contributed by atoms with Gasteiger partial charge in [0.2, 0.25) is 0 Å². The number of ether oxygens (including phenoxy) is 6. The highest BCUT2D eigenvalue weighted by atomic mass is 19.3. The van der Waals surface area contributed by atoms with E-state index in [2.05, 4.69) is 0 Å². The van der Waals surface area contributed by atoms with Gasteiger partial charge in [-0.05, 0) is 32.6 Å². The highest BCUT2D eigenvalue weighted by Gasteiger charge is 2.61. The summed E-state index contributed by atoms with van der Waals surface area (Å²) in [4.78, 5) is 12.3. The fourth-order valence-corrected chi connectivity index (χ4v) is 3.79. The second-order valence-corrected chi connectivity index (χ2v) is 8.93. The van der Waals surface area contributed by atoms with Gasteiger partial charge in [0.05, 0.1) is 13.2 Å². The minimum absolute atomic E-state index is 0.0571. The molecule has 9 heteroatoms. The summed E-state index contributed by atoms with van der Waals surface area (Å²) >= 11 is 0. The maximum atomic E-state index is 15.4. The Hall–Kier alpha value is -0.870. The van der Waals surface area contributed by atoms with Crippen LogP contribution in [0.5, 0.6) is 0 Å². The fourth-order valence-electron chi connectivity index (χ4n) is 3.79. The molecule has 0 bridgehead atoms. The lowest BCUT2D eigenvalue weighted by molar-refractivity contribution is -0.303. The number of rotatable bonds is 20. The highest BCUT2D eigenvalue weighted by molar-refractivity contribution is 5.78. The summed E-state index contributed by atoms with van der Waals surface area (Å²) in [5.41, 5.74) is 0. The minimum atomic E-state index is -3.92. The molecule has 0 unspecified atom stereocenters. The molecule has 0 radical (unpaired) electrons. The van der Waals surface area contributed by atoms with Crippen molar-refractivity contribution in [3.63, 3.8) is 0 Å². The molecule has 1 saturated heterocycles. The Morgan fingerprint density at radius 1 is 0.743 bits per heavy atom. The Kier molecular flexibility index (Phi) is 16.9. The molecule has 1 fully saturated rings. The maximum Gasteiger partial charge on any atom is 0.379 e. The van der Waals surface area contributed by atoms with E-state index in [0.29, 0.717) is 26.2 Å². The van der Waals surface area contributed by atoms with Crippen molar-refractivity contribution in [3.05, 3.63) is 0 Å². The van der Waals surface area contributed by atoms with Crippen molar-refractivity contribution in [2.45, 2.75) is 122 Å². The van der Waals surface area contributed by atoms with Gasteiger partial charge in [-0.1, -0.05) is 53.4 Å². The van der Waals surface area contributed by atoms with E-state index in [4.69, 9.17) is 28.4 Å². The molecule has 0 saturated carbocycles. The average molecular weight is 511 g/mol. The van der Waals surface area contributed by atoms with E-state index in [9.17, 15) is 4.79 Å². The van der Waals surface area contributed by atoms with Gasteiger partial charge in [0.15, 0.2) is 6.10 Å². The monoisotopic (exact) mass is 510 g/mol. The molecule has 1 aliphatic rings. The van der Waals surface area contributed by atoms with E-state index >= 15 is 8.78 Å². The second kappa shape index (κ2) is 18.4. The molecule has 0 spiro atoms. The number of hydrogen-bond acceptors (Lipinski definition) is 7. The number of unbranched alkanes of at least 4 members (excludes halogenated alkanes) is 4. The molecule has 1 aliphatic heterocycles. The molecular formula is C26H48F2O7. The molecule has 208 valence electrons. The van der Waals surface area contributed by atoms with Gasteiger partial charge in [-0.3, -0.25) is 0 Å². The fraction of sp³-hybridized carbons (Fsp3) is 0.962. The molecule has 1 rings (SSSR count). The lowest BCUT2D eigenvalue weighted by Crippen LogP contribution is -2.67.